The number of carbonyl (C=O) groups excluding carboxylic acids is 1. The van der Waals surface area contributed by atoms with E-state index in [-0.39, 0.29) is 11.8 Å². The molecular weight excluding hydrogens is 233 g/mol. The van der Waals surface area contributed by atoms with Crippen molar-refractivity contribution >= 4 is 11.7 Å². The predicted molar refractivity (Wildman–Crippen MR) is 70.9 cm³/mol. The van der Waals surface area contributed by atoms with Crippen LogP contribution in [0.1, 0.15) is 25.7 Å². The summed E-state index contributed by atoms with van der Waals surface area (Å²) in [5, 5.41) is 5.38. The molecule has 0 aliphatic carbocycles. The second kappa shape index (κ2) is 8.47. The van der Waals surface area contributed by atoms with Crippen LogP contribution in [0.3, 0.4) is 0 Å². The maximum atomic E-state index is 12.6. The van der Waals surface area contributed by atoms with Crippen LogP contribution < -0.4 is 16.4 Å². The Morgan fingerprint density at radius 3 is 2.44 bits per heavy atom. The zero-order valence-corrected chi connectivity index (χ0v) is 10.4. The zero-order valence-electron chi connectivity index (χ0n) is 10.4. The van der Waals surface area contributed by atoms with Crippen LogP contribution in [-0.4, -0.2) is 19.1 Å². The molecule has 0 aliphatic heterocycles. The van der Waals surface area contributed by atoms with E-state index in [0.717, 1.165) is 32.2 Å². The minimum atomic E-state index is -0.319. The number of unbranched alkanes of at least 4 members (excludes halogenated alkanes) is 3. The molecule has 1 aromatic rings. The third-order valence-corrected chi connectivity index (χ3v) is 2.52. The van der Waals surface area contributed by atoms with Gasteiger partial charge in [-0.25, -0.2) is 9.18 Å². The maximum Gasteiger partial charge on any atom is 0.319 e. The first-order valence-electron chi connectivity index (χ1n) is 6.23. The first kappa shape index (κ1) is 14.4. The summed E-state index contributed by atoms with van der Waals surface area (Å²) in [6.45, 7) is 1.36. The van der Waals surface area contributed by atoms with Crippen LogP contribution in [0.25, 0.3) is 0 Å². The molecule has 2 amide bonds. The van der Waals surface area contributed by atoms with Gasteiger partial charge < -0.3 is 16.4 Å². The van der Waals surface area contributed by atoms with E-state index in [2.05, 4.69) is 10.6 Å². The number of halogens is 1. The van der Waals surface area contributed by atoms with Crippen molar-refractivity contribution < 1.29 is 9.18 Å². The van der Waals surface area contributed by atoms with Gasteiger partial charge in [0.25, 0.3) is 0 Å². The molecular formula is C13H20FN3O. The van der Waals surface area contributed by atoms with Crippen LogP contribution in [0.2, 0.25) is 0 Å². The van der Waals surface area contributed by atoms with E-state index >= 15 is 0 Å². The Kier molecular flexibility index (Phi) is 6.79. The van der Waals surface area contributed by atoms with E-state index in [1.807, 2.05) is 0 Å². The third-order valence-electron chi connectivity index (χ3n) is 2.52. The predicted octanol–water partition coefficient (Wildman–Crippen LogP) is 2.47. The van der Waals surface area contributed by atoms with Crippen molar-refractivity contribution in [2.24, 2.45) is 5.73 Å². The number of hydrogen-bond acceptors (Lipinski definition) is 2. The largest absolute Gasteiger partial charge is 0.338 e. The van der Waals surface area contributed by atoms with Crippen LogP contribution in [0, 0.1) is 5.82 Å². The summed E-state index contributed by atoms with van der Waals surface area (Å²) >= 11 is 0. The van der Waals surface area contributed by atoms with Gasteiger partial charge in [0.05, 0.1) is 0 Å². The highest BCUT2D eigenvalue weighted by atomic mass is 19.1. The molecule has 4 nitrogen and oxygen atoms in total. The average Bonchev–Trinajstić information content (AvgIpc) is 2.36. The molecule has 0 spiro atoms. The average molecular weight is 253 g/mol. The van der Waals surface area contributed by atoms with Crippen molar-refractivity contribution in [1.29, 1.82) is 0 Å². The van der Waals surface area contributed by atoms with E-state index in [9.17, 15) is 9.18 Å². The highest BCUT2D eigenvalue weighted by Crippen LogP contribution is 2.07. The van der Waals surface area contributed by atoms with E-state index in [1.165, 1.54) is 24.3 Å². The number of carbonyl (C=O) groups is 1. The number of anilines is 1. The number of hydrogen-bond donors (Lipinski definition) is 3. The Hall–Kier alpha value is -1.62. The van der Waals surface area contributed by atoms with Crippen molar-refractivity contribution in [2.45, 2.75) is 25.7 Å². The fourth-order valence-corrected chi connectivity index (χ4v) is 1.53. The lowest BCUT2D eigenvalue weighted by molar-refractivity contribution is 0.252. The molecule has 0 bridgehead atoms. The standard InChI is InChI=1S/C13H20FN3O/c14-11-5-7-12(8-6-11)17-13(18)16-10-4-2-1-3-9-15/h5-8H,1-4,9-10,15H2,(H2,16,17,18). The van der Waals surface area contributed by atoms with Gasteiger partial charge in [-0.2, -0.15) is 0 Å². The van der Waals surface area contributed by atoms with Crippen LogP contribution >= 0.6 is 0 Å². The topological polar surface area (TPSA) is 67.1 Å². The van der Waals surface area contributed by atoms with Crippen molar-refractivity contribution in [2.75, 3.05) is 18.4 Å². The Balaban J connectivity index is 2.12. The van der Waals surface area contributed by atoms with Gasteiger partial charge in [0, 0.05) is 12.2 Å². The van der Waals surface area contributed by atoms with E-state index in [1.54, 1.807) is 0 Å². The molecule has 1 rings (SSSR count). The molecule has 0 heterocycles. The van der Waals surface area contributed by atoms with Gasteiger partial charge in [0.2, 0.25) is 0 Å². The van der Waals surface area contributed by atoms with Gasteiger partial charge in [-0.15, -0.1) is 0 Å². The first-order chi connectivity index (χ1) is 8.72. The van der Waals surface area contributed by atoms with E-state index in [4.69, 9.17) is 5.73 Å². The summed E-state index contributed by atoms with van der Waals surface area (Å²) < 4.78 is 12.6. The van der Waals surface area contributed by atoms with Crippen LogP contribution in [0.4, 0.5) is 14.9 Å². The molecule has 100 valence electrons. The van der Waals surface area contributed by atoms with Crippen LogP contribution in [-0.2, 0) is 0 Å². The maximum absolute atomic E-state index is 12.6. The van der Waals surface area contributed by atoms with Gasteiger partial charge in [0.15, 0.2) is 0 Å². The second-order valence-electron chi connectivity index (χ2n) is 4.09. The fraction of sp³-hybridized carbons (Fsp3) is 0.462. The minimum absolute atomic E-state index is 0.263. The Morgan fingerprint density at radius 2 is 1.78 bits per heavy atom. The summed E-state index contributed by atoms with van der Waals surface area (Å²) in [5.74, 6) is -0.319. The third kappa shape index (κ3) is 6.20. The van der Waals surface area contributed by atoms with E-state index in [0.29, 0.717) is 12.2 Å². The SMILES string of the molecule is NCCCCCCNC(=O)Nc1ccc(F)cc1. The first-order valence-corrected chi connectivity index (χ1v) is 6.23. The summed E-state index contributed by atoms with van der Waals surface area (Å²) in [6, 6.07) is 5.40. The number of amides is 2. The molecule has 0 atom stereocenters. The summed E-state index contributed by atoms with van der Waals surface area (Å²) in [5.41, 5.74) is 5.96. The van der Waals surface area contributed by atoms with Crippen molar-refractivity contribution in [1.82, 2.24) is 5.32 Å². The molecule has 0 aliphatic rings. The molecule has 1 aromatic carbocycles. The fourth-order valence-electron chi connectivity index (χ4n) is 1.53. The highest BCUT2D eigenvalue weighted by Gasteiger charge is 2.00. The molecule has 4 N–H and O–H groups in total. The number of urea groups is 1. The monoisotopic (exact) mass is 253 g/mol. The van der Waals surface area contributed by atoms with Gasteiger partial charge in [-0.1, -0.05) is 12.8 Å². The van der Waals surface area contributed by atoms with Gasteiger partial charge in [0.1, 0.15) is 5.82 Å². The van der Waals surface area contributed by atoms with Crippen LogP contribution in [0.5, 0.6) is 0 Å². The quantitative estimate of drug-likeness (QED) is 0.653. The van der Waals surface area contributed by atoms with Gasteiger partial charge in [-0.3, -0.25) is 0 Å². The molecule has 18 heavy (non-hydrogen) atoms. The molecule has 0 aromatic heterocycles. The Labute approximate surface area is 107 Å². The summed E-state index contributed by atoms with van der Waals surface area (Å²) in [4.78, 5) is 11.5. The van der Waals surface area contributed by atoms with Gasteiger partial charge >= 0.3 is 6.03 Å². The summed E-state index contributed by atoms with van der Waals surface area (Å²) in [6.07, 6.45) is 4.13. The molecule has 0 fully saturated rings. The van der Waals surface area contributed by atoms with Crippen molar-refractivity contribution in [3.8, 4) is 0 Å². The molecule has 0 radical (unpaired) electrons. The Bertz CT molecular complexity index is 354. The Morgan fingerprint density at radius 1 is 1.11 bits per heavy atom. The lowest BCUT2D eigenvalue weighted by Gasteiger charge is -2.07. The lowest BCUT2D eigenvalue weighted by atomic mass is 10.2. The smallest absolute Gasteiger partial charge is 0.319 e. The van der Waals surface area contributed by atoms with Crippen molar-refractivity contribution in [3.63, 3.8) is 0 Å². The molecule has 0 unspecified atom stereocenters. The number of nitrogens with one attached hydrogen (secondary N) is 2. The molecule has 5 heteroatoms. The molecule has 0 saturated carbocycles. The zero-order chi connectivity index (χ0) is 13.2. The normalized spacial score (nSPS) is 10.1. The lowest BCUT2D eigenvalue weighted by Crippen LogP contribution is -2.29. The second-order valence-corrected chi connectivity index (χ2v) is 4.09. The number of nitrogens with two attached hydrogens (primary N) is 1. The number of rotatable bonds is 7. The summed E-state index contributed by atoms with van der Waals surface area (Å²) in [7, 11) is 0. The minimum Gasteiger partial charge on any atom is -0.338 e. The van der Waals surface area contributed by atoms with Gasteiger partial charge in [-0.05, 0) is 43.7 Å². The van der Waals surface area contributed by atoms with E-state index < -0.39 is 0 Å². The molecule has 0 saturated heterocycles. The highest BCUT2D eigenvalue weighted by molar-refractivity contribution is 5.89. The number of benzene rings is 1. The van der Waals surface area contributed by atoms with Crippen LogP contribution in [0.15, 0.2) is 24.3 Å². The van der Waals surface area contributed by atoms with Crippen molar-refractivity contribution in [3.05, 3.63) is 30.1 Å².